The Morgan fingerprint density at radius 2 is 2.17 bits per heavy atom. The quantitative estimate of drug-likeness (QED) is 0.501. The summed E-state index contributed by atoms with van der Waals surface area (Å²) in [7, 11) is 0. The summed E-state index contributed by atoms with van der Waals surface area (Å²) in [6, 6.07) is 0. The number of carbonyl (C=O) groups is 1. The van der Waals surface area contributed by atoms with Crippen LogP contribution in [0.4, 0.5) is 4.39 Å². The highest BCUT2D eigenvalue weighted by Gasteiger charge is 2.32. The first-order valence-corrected chi connectivity index (χ1v) is 3.46. The molecule has 0 aromatic carbocycles. The van der Waals surface area contributed by atoms with E-state index >= 15 is 0 Å². The summed E-state index contributed by atoms with van der Waals surface area (Å²) in [6.45, 7) is 0. The maximum Gasteiger partial charge on any atom is 0.331 e. The van der Waals surface area contributed by atoms with E-state index in [9.17, 15) is 9.18 Å². The highest BCUT2D eigenvalue weighted by atomic mass is 19.1. The third kappa shape index (κ3) is 1.62. The van der Waals surface area contributed by atoms with Gasteiger partial charge in [-0.3, -0.25) is 0 Å². The minimum atomic E-state index is -1.79. The molecule has 3 N–H and O–H groups in total. The Morgan fingerprint density at radius 1 is 1.58 bits per heavy atom. The van der Waals surface area contributed by atoms with Crippen molar-refractivity contribution in [3.05, 3.63) is 11.6 Å². The van der Waals surface area contributed by atoms with Crippen molar-refractivity contribution in [1.82, 2.24) is 0 Å². The van der Waals surface area contributed by atoms with Crippen LogP contribution in [0.3, 0.4) is 0 Å². The molecule has 0 spiro atoms. The zero-order chi connectivity index (χ0) is 9.30. The van der Waals surface area contributed by atoms with Gasteiger partial charge in [0.2, 0.25) is 0 Å². The van der Waals surface area contributed by atoms with Crippen molar-refractivity contribution in [2.24, 2.45) is 0 Å². The van der Waals surface area contributed by atoms with Gasteiger partial charge in [-0.15, -0.1) is 0 Å². The molecule has 0 aromatic heterocycles. The molecule has 0 aliphatic heterocycles. The number of carboxylic acids is 1. The molecule has 0 fully saturated rings. The minimum Gasteiger partial charge on any atom is -0.478 e. The predicted octanol–water partition coefficient (Wildman–Crippen LogP) is -0.539. The van der Waals surface area contributed by atoms with Gasteiger partial charge in [0, 0.05) is 12.0 Å². The Balaban J connectivity index is 2.81. The van der Waals surface area contributed by atoms with E-state index in [1.165, 1.54) is 0 Å². The fraction of sp³-hybridized carbons (Fsp3) is 0.571. The van der Waals surface area contributed by atoms with Crippen LogP contribution in [0.2, 0.25) is 0 Å². The maximum absolute atomic E-state index is 12.7. The lowest BCUT2D eigenvalue weighted by atomic mass is 9.93. The number of hydrogen-bond acceptors (Lipinski definition) is 3. The highest BCUT2D eigenvalue weighted by Crippen LogP contribution is 2.21. The Bertz CT molecular complexity index is 225. The summed E-state index contributed by atoms with van der Waals surface area (Å²) in [5, 5.41) is 26.3. The van der Waals surface area contributed by atoms with Gasteiger partial charge >= 0.3 is 5.97 Å². The largest absolute Gasteiger partial charge is 0.478 e. The van der Waals surface area contributed by atoms with Crippen LogP contribution in [0.15, 0.2) is 11.6 Å². The van der Waals surface area contributed by atoms with Crippen LogP contribution >= 0.6 is 0 Å². The van der Waals surface area contributed by atoms with Crippen LogP contribution in [0.1, 0.15) is 6.42 Å². The minimum absolute atomic E-state index is 0.194. The first kappa shape index (κ1) is 9.15. The van der Waals surface area contributed by atoms with E-state index in [1.807, 2.05) is 0 Å². The van der Waals surface area contributed by atoms with Crippen LogP contribution in [-0.4, -0.2) is 39.7 Å². The first-order chi connectivity index (χ1) is 5.52. The summed E-state index contributed by atoms with van der Waals surface area (Å²) in [5.41, 5.74) is -0.194. The molecule has 0 amide bonds. The molecular weight excluding hydrogens is 167 g/mol. The molecular formula is C7H9FO4. The lowest BCUT2D eigenvalue weighted by Crippen LogP contribution is -2.38. The number of rotatable bonds is 1. The van der Waals surface area contributed by atoms with Crippen molar-refractivity contribution >= 4 is 5.97 Å². The van der Waals surface area contributed by atoms with E-state index in [0.29, 0.717) is 0 Å². The lowest BCUT2D eigenvalue weighted by Gasteiger charge is -2.24. The average molecular weight is 176 g/mol. The van der Waals surface area contributed by atoms with E-state index in [0.717, 1.165) is 6.08 Å². The molecule has 5 heteroatoms. The number of hydrogen-bond donors (Lipinski definition) is 3. The number of aliphatic hydroxyl groups excluding tert-OH is 2. The van der Waals surface area contributed by atoms with Crippen molar-refractivity contribution in [3.8, 4) is 0 Å². The van der Waals surface area contributed by atoms with Crippen LogP contribution in [-0.2, 0) is 4.79 Å². The number of halogens is 1. The van der Waals surface area contributed by atoms with Gasteiger partial charge in [0.25, 0.3) is 0 Å². The molecule has 0 heterocycles. The number of aliphatic hydroxyl groups is 2. The molecule has 1 aliphatic rings. The molecule has 3 atom stereocenters. The Morgan fingerprint density at radius 3 is 2.58 bits per heavy atom. The standard InChI is InChI=1S/C7H9FO4/c8-4-1-3(7(11)12)2-5(9)6(4)10/h1,4-6,9-10H,2H2,(H,11,12)/t4-,5+,6+/m0/s1. The summed E-state index contributed by atoms with van der Waals surface area (Å²) >= 11 is 0. The Labute approximate surface area is 67.9 Å². The molecule has 0 bridgehead atoms. The fourth-order valence-corrected chi connectivity index (χ4v) is 1.08. The van der Waals surface area contributed by atoms with E-state index in [1.54, 1.807) is 0 Å². The van der Waals surface area contributed by atoms with Gasteiger partial charge in [-0.05, 0) is 6.08 Å². The van der Waals surface area contributed by atoms with Gasteiger partial charge in [0.05, 0.1) is 6.10 Å². The molecule has 4 nitrogen and oxygen atoms in total. The molecule has 1 rings (SSSR count). The molecule has 0 unspecified atom stereocenters. The van der Waals surface area contributed by atoms with Crippen molar-refractivity contribution < 1.29 is 24.5 Å². The normalized spacial score (nSPS) is 35.9. The fourth-order valence-electron chi connectivity index (χ4n) is 1.08. The van der Waals surface area contributed by atoms with Crippen molar-refractivity contribution in [1.29, 1.82) is 0 Å². The molecule has 0 radical (unpaired) electrons. The Hall–Kier alpha value is -0.940. The molecule has 0 aromatic rings. The third-order valence-electron chi connectivity index (χ3n) is 1.78. The molecule has 0 saturated carbocycles. The van der Waals surface area contributed by atoms with Gasteiger partial charge in [0.15, 0.2) is 0 Å². The van der Waals surface area contributed by atoms with E-state index in [4.69, 9.17) is 15.3 Å². The van der Waals surface area contributed by atoms with Gasteiger partial charge in [-0.25, -0.2) is 9.18 Å². The summed E-state index contributed by atoms with van der Waals surface area (Å²) < 4.78 is 12.7. The topological polar surface area (TPSA) is 77.8 Å². The second-order valence-corrected chi connectivity index (χ2v) is 2.70. The van der Waals surface area contributed by atoms with Gasteiger partial charge in [-0.2, -0.15) is 0 Å². The van der Waals surface area contributed by atoms with Crippen LogP contribution in [0.5, 0.6) is 0 Å². The van der Waals surface area contributed by atoms with E-state index < -0.39 is 24.3 Å². The van der Waals surface area contributed by atoms with Gasteiger partial charge in [0.1, 0.15) is 12.3 Å². The van der Waals surface area contributed by atoms with E-state index in [-0.39, 0.29) is 12.0 Å². The second-order valence-electron chi connectivity index (χ2n) is 2.70. The smallest absolute Gasteiger partial charge is 0.331 e. The van der Waals surface area contributed by atoms with Crippen molar-refractivity contribution in [3.63, 3.8) is 0 Å². The molecule has 1 aliphatic carbocycles. The number of alkyl halides is 1. The van der Waals surface area contributed by atoms with Crippen LogP contribution in [0.25, 0.3) is 0 Å². The molecule has 12 heavy (non-hydrogen) atoms. The van der Waals surface area contributed by atoms with E-state index in [2.05, 4.69) is 0 Å². The summed E-state index contributed by atoms with van der Waals surface area (Å²) in [5.74, 6) is -1.26. The monoisotopic (exact) mass is 176 g/mol. The average Bonchev–Trinajstić information content (AvgIpc) is 1.99. The number of aliphatic carboxylic acids is 1. The van der Waals surface area contributed by atoms with Gasteiger partial charge in [-0.1, -0.05) is 0 Å². The first-order valence-electron chi connectivity index (χ1n) is 3.46. The third-order valence-corrected chi connectivity index (χ3v) is 1.78. The second kappa shape index (κ2) is 3.20. The Kier molecular flexibility index (Phi) is 2.44. The lowest BCUT2D eigenvalue weighted by molar-refractivity contribution is -0.133. The predicted molar refractivity (Wildman–Crippen MR) is 37.2 cm³/mol. The SMILES string of the molecule is O=C(O)C1=C[C@H](F)[C@@H](O)[C@H](O)C1. The molecule has 68 valence electrons. The van der Waals surface area contributed by atoms with Crippen LogP contribution < -0.4 is 0 Å². The van der Waals surface area contributed by atoms with Gasteiger partial charge < -0.3 is 15.3 Å². The summed E-state index contributed by atoms with van der Waals surface area (Å²) in [6.07, 6.45) is -4.01. The zero-order valence-corrected chi connectivity index (χ0v) is 6.14. The zero-order valence-electron chi connectivity index (χ0n) is 6.14. The van der Waals surface area contributed by atoms with Crippen molar-refractivity contribution in [2.45, 2.75) is 24.8 Å². The highest BCUT2D eigenvalue weighted by molar-refractivity contribution is 5.87. The van der Waals surface area contributed by atoms with Crippen molar-refractivity contribution in [2.75, 3.05) is 0 Å². The summed E-state index contributed by atoms with van der Waals surface area (Å²) in [4.78, 5) is 10.3. The van der Waals surface area contributed by atoms with Crippen LogP contribution in [0, 0.1) is 0 Å². The maximum atomic E-state index is 12.7. The molecule has 0 saturated heterocycles. The number of carboxylic acid groups (broad SMARTS) is 1.